The molecule has 3 fully saturated rings. The van der Waals surface area contributed by atoms with E-state index >= 15 is 0 Å². The Morgan fingerprint density at radius 3 is 2.52 bits per heavy atom. The van der Waals surface area contributed by atoms with Crippen molar-refractivity contribution >= 4 is 5.91 Å². The number of hydrogen-bond donors (Lipinski definition) is 0. The van der Waals surface area contributed by atoms with E-state index in [1.54, 1.807) is 0 Å². The van der Waals surface area contributed by atoms with Gasteiger partial charge in [-0.15, -0.1) is 0 Å². The third-order valence-corrected chi connectivity index (χ3v) is 6.83. The van der Waals surface area contributed by atoms with E-state index in [1.165, 1.54) is 5.56 Å². The summed E-state index contributed by atoms with van der Waals surface area (Å²) in [6, 6.07) is 0.0391. The fraction of sp³-hybridized carbons (Fsp3) is 0.800. The van der Waals surface area contributed by atoms with Gasteiger partial charge in [-0.1, -0.05) is 5.16 Å². The highest BCUT2D eigenvalue weighted by Gasteiger charge is 2.47. The molecule has 1 aromatic heterocycles. The molecule has 3 saturated heterocycles. The van der Waals surface area contributed by atoms with E-state index < -0.39 is 0 Å². The first kappa shape index (κ1) is 18.9. The molecule has 0 radical (unpaired) electrons. The van der Waals surface area contributed by atoms with Crippen molar-refractivity contribution in [2.24, 2.45) is 5.41 Å². The summed E-state index contributed by atoms with van der Waals surface area (Å²) in [6.07, 6.45) is 3.32. The number of nitrogens with zero attached hydrogens (tertiary/aromatic N) is 4. The summed E-state index contributed by atoms with van der Waals surface area (Å²) in [5.74, 6) is 1.24. The molecule has 150 valence electrons. The summed E-state index contributed by atoms with van der Waals surface area (Å²) in [4.78, 5) is 19.8. The molecule has 1 spiro atoms. The van der Waals surface area contributed by atoms with Gasteiger partial charge in [-0.25, -0.2) is 0 Å². The van der Waals surface area contributed by atoms with Gasteiger partial charge in [0.1, 0.15) is 5.76 Å². The minimum atomic E-state index is 0.0391. The highest BCUT2D eigenvalue weighted by atomic mass is 16.5. The smallest absolute Gasteiger partial charge is 0.240 e. The molecule has 1 unspecified atom stereocenters. The van der Waals surface area contributed by atoms with Gasteiger partial charge in [-0.3, -0.25) is 14.6 Å². The van der Waals surface area contributed by atoms with Crippen LogP contribution in [-0.4, -0.2) is 84.8 Å². The normalized spacial score (nSPS) is 26.8. The number of carbonyl (C=O) groups is 1. The summed E-state index contributed by atoms with van der Waals surface area (Å²) >= 11 is 0. The van der Waals surface area contributed by atoms with Crippen LogP contribution in [0.1, 0.15) is 36.3 Å². The second-order valence-electron chi connectivity index (χ2n) is 8.65. The number of rotatable bonds is 3. The molecule has 0 bridgehead atoms. The number of likely N-dealkylation sites (tertiary alicyclic amines) is 2. The first-order valence-corrected chi connectivity index (χ1v) is 10.2. The molecule has 7 heteroatoms. The van der Waals surface area contributed by atoms with E-state index in [2.05, 4.69) is 22.0 Å². The molecule has 4 rings (SSSR count). The predicted octanol–water partition coefficient (Wildman–Crippen LogP) is 1.44. The summed E-state index contributed by atoms with van der Waals surface area (Å²) in [6.45, 7) is 10.9. The second kappa shape index (κ2) is 7.53. The van der Waals surface area contributed by atoms with Crippen LogP contribution in [0.4, 0.5) is 0 Å². The Labute approximate surface area is 161 Å². The largest absolute Gasteiger partial charge is 0.378 e. The highest BCUT2D eigenvalue weighted by Crippen LogP contribution is 2.43. The number of aromatic nitrogens is 1. The van der Waals surface area contributed by atoms with Crippen molar-refractivity contribution < 1.29 is 14.1 Å². The quantitative estimate of drug-likeness (QED) is 0.795. The average Bonchev–Trinajstić information content (AvgIpc) is 3.17. The molecule has 3 aliphatic rings. The fourth-order valence-corrected chi connectivity index (χ4v) is 5.04. The number of aryl methyl sites for hydroxylation is 2. The van der Waals surface area contributed by atoms with Gasteiger partial charge in [-0.05, 0) is 58.7 Å². The number of morpholine rings is 1. The van der Waals surface area contributed by atoms with Crippen LogP contribution in [-0.2, 0) is 16.1 Å². The lowest BCUT2D eigenvalue weighted by atomic mass is 9.76. The van der Waals surface area contributed by atoms with Gasteiger partial charge in [0.25, 0.3) is 0 Å². The Morgan fingerprint density at radius 2 is 1.89 bits per heavy atom. The van der Waals surface area contributed by atoms with Crippen LogP contribution in [0.25, 0.3) is 0 Å². The van der Waals surface area contributed by atoms with Crippen LogP contribution in [0, 0.1) is 19.3 Å². The van der Waals surface area contributed by atoms with E-state index in [-0.39, 0.29) is 11.5 Å². The zero-order valence-corrected chi connectivity index (χ0v) is 16.9. The summed E-state index contributed by atoms with van der Waals surface area (Å²) in [5, 5.41) is 4.08. The molecule has 0 aliphatic carbocycles. The molecular weight excluding hydrogens is 344 g/mol. The standard InChI is InChI=1S/C20H32N4O3/c1-15-17(16(2)27-21-15)13-23-6-4-20(5-7-23)12-18(22(3)14-20)19(25)24-8-10-26-11-9-24/h18H,4-14H2,1-3H3. The highest BCUT2D eigenvalue weighted by molar-refractivity contribution is 5.82. The van der Waals surface area contributed by atoms with Gasteiger partial charge in [0.2, 0.25) is 5.91 Å². The SMILES string of the molecule is Cc1noc(C)c1CN1CCC2(CC1)CC(C(=O)N1CCOCC1)N(C)C2. The minimum Gasteiger partial charge on any atom is -0.378 e. The van der Waals surface area contributed by atoms with Crippen molar-refractivity contribution in [3.05, 3.63) is 17.0 Å². The lowest BCUT2D eigenvalue weighted by Crippen LogP contribution is -2.48. The summed E-state index contributed by atoms with van der Waals surface area (Å²) in [5.41, 5.74) is 2.52. The maximum Gasteiger partial charge on any atom is 0.240 e. The topological polar surface area (TPSA) is 62.1 Å². The van der Waals surface area contributed by atoms with Crippen molar-refractivity contribution in [1.82, 2.24) is 19.9 Å². The van der Waals surface area contributed by atoms with Crippen molar-refractivity contribution in [3.8, 4) is 0 Å². The number of ether oxygens (including phenoxy) is 1. The molecule has 1 aromatic rings. The van der Waals surface area contributed by atoms with Crippen LogP contribution < -0.4 is 0 Å². The van der Waals surface area contributed by atoms with Gasteiger partial charge in [-0.2, -0.15) is 0 Å². The van der Waals surface area contributed by atoms with E-state index in [1.807, 2.05) is 18.7 Å². The van der Waals surface area contributed by atoms with Crippen molar-refractivity contribution in [2.45, 2.75) is 45.7 Å². The van der Waals surface area contributed by atoms with Crippen LogP contribution in [0.3, 0.4) is 0 Å². The van der Waals surface area contributed by atoms with Crippen molar-refractivity contribution in [3.63, 3.8) is 0 Å². The van der Waals surface area contributed by atoms with Crippen molar-refractivity contribution in [2.75, 3.05) is 53.0 Å². The summed E-state index contributed by atoms with van der Waals surface area (Å²) in [7, 11) is 2.12. The van der Waals surface area contributed by atoms with Crippen LogP contribution >= 0.6 is 0 Å². The number of likely N-dealkylation sites (N-methyl/N-ethyl adjacent to an activating group) is 1. The maximum absolute atomic E-state index is 13.0. The Kier molecular flexibility index (Phi) is 5.27. The Bertz CT molecular complexity index is 655. The molecule has 1 atom stereocenters. The van der Waals surface area contributed by atoms with Crippen LogP contribution in [0.15, 0.2) is 4.52 Å². The summed E-state index contributed by atoms with van der Waals surface area (Å²) < 4.78 is 10.7. The predicted molar refractivity (Wildman–Crippen MR) is 101 cm³/mol. The van der Waals surface area contributed by atoms with Gasteiger partial charge in [0.15, 0.2) is 0 Å². The lowest BCUT2D eigenvalue weighted by molar-refractivity contribution is -0.139. The van der Waals surface area contributed by atoms with E-state index in [0.29, 0.717) is 19.1 Å². The van der Waals surface area contributed by atoms with E-state index in [4.69, 9.17) is 9.26 Å². The Hall–Kier alpha value is -1.44. The molecule has 0 saturated carbocycles. The number of carbonyl (C=O) groups excluding carboxylic acids is 1. The number of piperidine rings is 1. The molecule has 1 amide bonds. The molecule has 7 nitrogen and oxygen atoms in total. The van der Waals surface area contributed by atoms with Gasteiger partial charge < -0.3 is 14.2 Å². The van der Waals surface area contributed by atoms with E-state index in [0.717, 1.165) is 70.0 Å². The molecule has 0 N–H and O–H groups in total. The maximum atomic E-state index is 13.0. The first-order valence-electron chi connectivity index (χ1n) is 10.2. The zero-order chi connectivity index (χ0) is 19.0. The number of amides is 1. The van der Waals surface area contributed by atoms with Gasteiger partial charge in [0, 0.05) is 31.7 Å². The third kappa shape index (κ3) is 3.77. The average molecular weight is 377 g/mol. The van der Waals surface area contributed by atoms with Gasteiger partial charge >= 0.3 is 0 Å². The first-order chi connectivity index (χ1) is 13.0. The third-order valence-electron chi connectivity index (χ3n) is 6.83. The molecular formula is C20H32N4O3. The minimum absolute atomic E-state index is 0.0391. The monoisotopic (exact) mass is 376 g/mol. The zero-order valence-electron chi connectivity index (χ0n) is 16.9. The Morgan fingerprint density at radius 1 is 1.19 bits per heavy atom. The van der Waals surface area contributed by atoms with Crippen LogP contribution in [0.2, 0.25) is 0 Å². The Balaban J connectivity index is 1.35. The van der Waals surface area contributed by atoms with Crippen LogP contribution in [0.5, 0.6) is 0 Å². The molecule has 3 aliphatic heterocycles. The molecule has 4 heterocycles. The van der Waals surface area contributed by atoms with E-state index in [9.17, 15) is 4.79 Å². The van der Waals surface area contributed by atoms with Crippen molar-refractivity contribution in [1.29, 1.82) is 0 Å². The second-order valence-corrected chi connectivity index (χ2v) is 8.65. The molecule has 0 aromatic carbocycles. The van der Waals surface area contributed by atoms with Gasteiger partial charge in [0.05, 0.1) is 24.9 Å². The lowest BCUT2D eigenvalue weighted by Gasteiger charge is -2.39. The number of hydrogen-bond acceptors (Lipinski definition) is 6. The molecule has 27 heavy (non-hydrogen) atoms. The fourth-order valence-electron chi connectivity index (χ4n) is 5.04.